The third-order valence-corrected chi connectivity index (χ3v) is 5.94. The maximum atomic E-state index is 13.1. The molecule has 2 unspecified atom stereocenters. The summed E-state index contributed by atoms with van der Waals surface area (Å²) in [7, 11) is 0. The van der Waals surface area contributed by atoms with Crippen molar-refractivity contribution in [3.63, 3.8) is 0 Å². The molecule has 3 rings (SSSR count). The van der Waals surface area contributed by atoms with Gasteiger partial charge in [0.05, 0.1) is 6.61 Å². The Bertz CT molecular complexity index is 593. The normalized spacial score (nSPS) is 23.9. The van der Waals surface area contributed by atoms with E-state index in [0.29, 0.717) is 18.8 Å². The highest BCUT2D eigenvalue weighted by atomic mass is 32.1. The second-order valence-corrected chi connectivity index (χ2v) is 8.12. The van der Waals surface area contributed by atoms with Gasteiger partial charge >= 0.3 is 0 Å². The number of amides is 1. The van der Waals surface area contributed by atoms with Crippen LogP contribution in [0.2, 0.25) is 0 Å². The van der Waals surface area contributed by atoms with Crippen LogP contribution < -0.4 is 0 Å². The SMILES string of the molecule is O=C(C1=CC(c2ccsc2)CC(OCCCCO)O1)N1CCCCCCC1. The minimum absolute atomic E-state index is 0.000729. The molecule has 0 aromatic carbocycles. The lowest BCUT2D eigenvalue weighted by Crippen LogP contribution is -2.38. The van der Waals surface area contributed by atoms with Crippen LogP contribution in [0.4, 0.5) is 0 Å². The Morgan fingerprint density at radius 3 is 2.70 bits per heavy atom. The smallest absolute Gasteiger partial charge is 0.288 e. The van der Waals surface area contributed by atoms with Gasteiger partial charge in [0.25, 0.3) is 5.91 Å². The van der Waals surface area contributed by atoms with Crippen molar-refractivity contribution in [3.05, 3.63) is 34.2 Å². The zero-order valence-corrected chi connectivity index (χ0v) is 16.8. The van der Waals surface area contributed by atoms with Crippen molar-refractivity contribution in [1.29, 1.82) is 0 Å². The Hall–Kier alpha value is -1.37. The lowest BCUT2D eigenvalue weighted by Gasteiger charge is -2.32. The molecule has 2 atom stereocenters. The number of allylic oxidation sites excluding steroid dienone is 1. The number of carbonyl (C=O) groups is 1. The standard InChI is InChI=1S/C21H31NO4S/c23-11-6-7-12-25-20-15-18(17-8-13-27-16-17)14-19(26-20)21(24)22-9-4-2-1-3-5-10-22/h8,13-14,16,18,20,23H,1-7,9-12,15H2. The Kier molecular flexibility index (Phi) is 8.17. The number of rotatable bonds is 7. The van der Waals surface area contributed by atoms with Gasteiger partial charge in [0.15, 0.2) is 5.76 Å². The lowest BCUT2D eigenvalue weighted by atomic mass is 9.95. The van der Waals surface area contributed by atoms with Gasteiger partial charge in [-0.1, -0.05) is 19.3 Å². The first-order chi connectivity index (χ1) is 13.3. The summed E-state index contributed by atoms with van der Waals surface area (Å²) in [4.78, 5) is 15.1. The molecule has 1 N–H and O–H groups in total. The number of hydrogen-bond acceptors (Lipinski definition) is 5. The van der Waals surface area contributed by atoms with E-state index in [0.717, 1.165) is 38.8 Å². The second kappa shape index (κ2) is 10.8. The molecule has 150 valence electrons. The molecule has 1 saturated heterocycles. The van der Waals surface area contributed by atoms with Gasteiger partial charge in [-0.3, -0.25) is 4.79 Å². The fraction of sp³-hybridized carbons (Fsp3) is 0.667. The van der Waals surface area contributed by atoms with Crippen LogP contribution in [0.1, 0.15) is 62.8 Å². The zero-order valence-electron chi connectivity index (χ0n) is 16.0. The van der Waals surface area contributed by atoms with E-state index in [1.165, 1.54) is 24.8 Å². The molecule has 6 heteroatoms. The number of likely N-dealkylation sites (tertiary alicyclic amines) is 1. The second-order valence-electron chi connectivity index (χ2n) is 7.34. The minimum atomic E-state index is -0.410. The third kappa shape index (κ3) is 6.06. The predicted octanol–water partition coefficient (Wildman–Crippen LogP) is 4.04. The van der Waals surface area contributed by atoms with E-state index in [4.69, 9.17) is 14.6 Å². The Balaban J connectivity index is 1.68. The number of hydrogen-bond donors (Lipinski definition) is 1. The first-order valence-corrected chi connectivity index (χ1v) is 11.1. The summed E-state index contributed by atoms with van der Waals surface area (Å²) < 4.78 is 11.9. The largest absolute Gasteiger partial charge is 0.459 e. The zero-order chi connectivity index (χ0) is 18.9. The van der Waals surface area contributed by atoms with Crippen LogP contribution in [-0.2, 0) is 14.3 Å². The number of ether oxygens (including phenoxy) is 2. The van der Waals surface area contributed by atoms with Crippen LogP contribution in [0.15, 0.2) is 28.7 Å². The molecule has 1 fully saturated rings. The van der Waals surface area contributed by atoms with Crippen LogP contribution in [0, 0.1) is 0 Å². The number of aliphatic hydroxyl groups is 1. The summed E-state index contributed by atoms with van der Waals surface area (Å²) in [5, 5.41) is 13.1. The Morgan fingerprint density at radius 1 is 1.22 bits per heavy atom. The summed E-state index contributed by atoms with van der Waals surface area (Å²) in [6.07, 6.45) is 9.58. The van der Waals surface area contributed by atoms with Gasteiger partial charge in [-0.05, 0) is 54.1 Å². The maximum Gasteiger partial charge on any atom is 0.288 e. The first-order valence-electron chi connectivity index (χ1n) is 10.2. The van der Waals surface area contributed by atoms with Crippen LogP contribution in [0.5, 0.6) is 0 Å². The van der Waals surface area contributed by atoms with E-state index in [1.807, 2.05) is 11.0 Å². The van der Waals surface area contributed by atoms with Crippen molar-refractivity contribution in [1.82, 2.24) is 4.90 Å². The molecular formula is C21H31NO4S. The van der Waals surface area contributed by atoms with E-state index in [1.54, 1.807) is 11.3 Å². The van der Waals surface area contributed by atoms with Crippen LogP contribution in [0.25, 0.3) is 0 Å². The van der Waals surface area contributed by atoms with Gasteiger partial charge in [0.1, 0.15) is 0 Å². The van der Waals surface area contributed by atoms with Crippen molar-refractivity contribution < 1.29 is 19.4 Å². The van der Waals surface area contributed by atoms with Gasteiger partial charge in [0.2, 0.25) is 6.29 Å². The molecule has 3 heterocycles. The molecule has 1 aromatic heterocycles. The molecule has 0 bridgehead atoms. The summed E-state index contributed by atoms with van der Waals surface area (Å²) in [5.74, 6) is 0.576. The van der Waals surface area contributed by atoms with Gasteiger partial charge in [-0.15, -0.1) is 0 Å². The molecule has 2 aliphatic rings. The third-order valence-electron chi connectivity index (χ3n) is 5.24. The number of carbonyl (C=O) groups excluding carboxylic acids is 1. The molecule has 0 saturated carbocycles. The van der Waals surface area contributed by atoms with Crippen molar-refractivity contribution in [2.75, 3.05) is 26.3 Å². The maximum absolute atomic E-state index is 13.1. The summed E-state index contributed by atoms with van der Waals surface area (Å²) in [5.41, 5.74) is 1.21. The van der Waals surface area contributed by atoms with Crippen LogP contribution >= 0.6 is 11.3 Å². The molecule has 0 spiro atoms. The highest BCUT2D eigenvalue weighted by Gasteiger charge is 2.31. The van der Waals surface area contributed by atoms with Gasteiger partial charge < -0.3 is 19.5 Å². The molecule has 0 aliphatic carbocycles. The van der Waals surface area contributed by atoms with Crippen LogP contribution in [0.3, 0.4) is 0 Å². The molecule has 1 aromatic rings. The van der Waals surface area contributed by atoms with E-state index in [-0.39, 0.29) is 18.4 Å². The van der Waals surface area contributed by atoms with E-state index in [2.05, 4.69) is 16.8 Å². The minimum Gasteiger partial charge on any atom is -0.459 e. The lowest BCUT2D eigenvalue weighted by molar-refractivity contribution is -0.153. The molecular weight excluding hydrogens is 362 g/mol. The number of aliphatic hydroxyl groups excluding tert-OH is 1. The van der Waals surface area contributed by atoms with Crippen molar-refractivity contribution in [2.24, 2.45) is 0 Å². The predicted molar refractivity (Wildman–Crippen MR) is 107 cm³/mol. The molecule has 2 aliphatic heterocycles. The van der Waals surface area contributed by atoms with Crippen molar-refractivity contribution >= 4 is 17.2 Å². The Labute approximate surface area is 166 Å². The van der Waals surface area contributed by atoms with Gasteiger partial charge in [-0.25, -0.2) is 0 Å². The van der Waals surface area contributed by atoms with E-state index in [9.17, 15) is 4.79 Å². The quantitative estimate of drug-likeness (QED) is 0.710. The highest BCUT2D eigenvalue weighted by molar-refractivity contribution is 7.08. The summed E-state index contributed by atoms with van der Waals surface area (Å²) in [6.45, 7) is 2.33. The monoisotopic (exact) mass is 393 g/mol. The fourth-order valence-electron chi connectivity index (χ4n) is 3.66. The van der Waals surface area contributed by atoms with Crippen molar-refractivity contribution in [2.45, 2.75) is 63.6 Å². The van der Waals surface area contributed by atoms with Gasteiger partial charge in [0, 0.05) is 32.0 Å². The fourth-order valence-corrected chi connectivity index (χ4v) is 4.39. The molecule has 1 amide bonds. The molecule has 0 radical (unpaired) electrons. The van der Waals surface area contributed by atoms with E-state index < -0.39 is 6.29 Å². The van der Waals surface area contributed by atoms with E-state index >= 15 is 0 Å². The van der Waals surface area contributed by atoms with Crippen LogP contribution in [-0.4, -0.2) is 48.5 Å². The Morgan fingerprint density at radius 2 is 2.00 bits per heavy atom. The highest BCUT2D eigenvalue weighted by Crippen LogP contribution is 2.33. The average Bonchev–Trinajstić information content (AvgIpc) is 3.19. The summed E-state index contributed by atoms with van der Waals surface area (Å²) in [6, 6.07) is 2.11. The van der Waals surface area contributed by atoms with Crippen molar-refractivity contribution in [3.8, 4) is 0 Å². The number of thiophene rings is 1. The van der Waals surface area contributed by atoms with Gasteiger partial charge in [-0.2, -0.15) is 11.3 Å². The number of unbranched alkanes of at least 4 members (excludes halogenated alkanes) is 1. The summed E-state index contributed by atoms with van der Waals surface area (Å²) >= 11 is 1.67. The average molecular weight is 394 g/mol. The first kappa shape index (κ1) is 20.4. The number of nitrogens with zero attached hydrogens (tertiary/aromatic N) is 1. The molecule has 27 heavy (non-hydrogen) atoms. The topological polar surface area (TPSA) is 59.0 Å². The molecule has 5 nitrogen and oxygen atoms in total.